The Morgan fingerprint density at radius 2 is 1.94 bits per heavy atom. The molecule has 4 heteroatoms. The number of hydrogen-bond donors (Lipinski definition) is 0. The number of thiophene rings is 1. The van der Waals surface area contributed by atoms with Gasteiger partial charge < -0.3 is 0 Å². The van der Waals surface area contributed by atoms with Crippen LogP contribution in [-0.2, 0) is 0 Å². The van der Waals surface area contributed by atoms with Crippen molar-refractivity contribution >= 4 is 40.3 Å². The van der Waals surface area contributed by atoms with Gasteiger partial charge in [-0.05, 0) is 37.3 Å². The summed E-state index contributed by atoms with van der Waals surface area (Å²) in [7, 11) is 0. The molecule has 2 aromatic rings. The van der Waals surface area contributed by atoms with E-state index < -0.39 is 0 Å². The fourth-order valence-electron chi connectivity index (χ4n) is 1.36. The summed E-state index contributed by atoms with van der Waals surface area (Å²) >= 11 is 13.3. The van der Waals surface area contributed by atoms with Crippen molar-refractivity contribution in [2.75, 3.05) is 0 Å². The van der Waals surface area contributed by atoms with E-state index in [1.807, 2.05) is 13.0 Å². The van der Waals surface area contributed by atoms with Crippen LogP contribution in [0.4, 0.5) is 0 Å². The molecule has 0 radical (unpaired) electrons. The van der Waals surface area contributed by atoms with E-state index in [4.69, 9.17) is 23.2 Å². The largest absolute Gasteiger partial charge is 0.288 e. The van der Waals surface area contributed by atoms with E-state index in [9.17, 15) is 4.79 Å². The highest BCUT2D eigenvalue weighted by molar-refractivity contribution is 7.14. The summed E-state index contributed by atoms with van der Waals surface area (Å²) in [6.45, 7) is 1.96. The van der Waals surface area contributed by atoms with Crippen molar-refractivity contribution in [3.8, 4) is 0 Å². The zero-order valence-electron chi connectivity index (χ0n) is 8.46. The van der Waals surface area contributed by atoms with Crippen LogP contribution in [0.3, 0.4) is 0 Å². The Balaban J connectivity index is 2.45. The first-order chi connectivity index (χ1) is 7.58. The number of carbonyl (C=O) groups excluding carboxylic acids is 1. The Labute approximate surface area is 108 Å². The summed E-state index contributed by atoms with van der Waals surface area (Å²) in [4.78, 5) is 13.9. The highest BCUT2D eigenvalue weighted by atomic mass is 35.5. The predicted molar refractivity (Wildman–Crippen MR) is 69.0 cm³/mol. The Morgan fingerprint density at radius 3 is 2.56 bits per heavy atom. The Bertz CT molecular complexity index is 546. The van der Waals surface area contributed by atoms with Gasteiger partial charge >= 0.3 is 0 Å². The fourth-order valence-corrected chi connectivity index (χ4v) is 2.56. The molecule has 2 rings (SSSR count). The molecule has 0 atom stereocenters. The Hall–Kier alpha value is -0.830. The standard InChI is InChI=1S/C12H8Cl2OS/c1-7-2-5-11(16-7)12(15)9-6-8(13)3-4-10(9)14/h2-6H,1H3. The van der Waals surface area contributed by atoms with Crippen LogP contribution < -0.4 is 0 Å². The van der Waals surface area contributed by atoms with E-state index in [-0.39, 0.29) is 5.78 Å². The number of benzene rings is 1. The van der Waals surface area contributed by atoms with Crippen molar-refractivity contribution < 1.29 is 4.79 Å². The van der Waals surface area contributed by atoms with Crippen molar-refractivity contribution in [1.82, 2.24) is 0 Å². The predicted octanol–water partition coefficient (Wildman–Crippen LogP) is 4.59. The normalized spacial score (nSPS) is 10.4. The summed E-state index contributed by atoms with van der Waals surface area (Å²) < 4.78 is 0. The van der Waals surface area contributed by atoms with Crippen molar-refractivity contribution in [3.63, 3.8) is 0 Å². The zero-order chi connectivity index (χ0) is 11.7. The lowest BCUT2D eigenvalue weighted by molar-refractivity contribution is 0.104. The molecule has 16 heavy (non-hydrogen) atoms. The lowest BCUT2D eigenvalue weighted by Crippen LogP contribution is -1.99. The molecule has 0 amide bonds. The molecule has 1 aromatic heterocycles. The molecule has 0 aliphatic heterocycles. The third kappa shape index (κ3) is 2.29. The molecule has 0 aliphatic carbocycles. The fraction of sp³-hybridized carbons (Fsp3) is 0.0833. The van der Waals surface area contributed by atoms with E-state index in [0.29, 0.717) is 20.5 Å². The molecule has 0 aliphatic rings. The molecule has 82 valence electrons. The maximum Gasteiger partial charge on any atom is 0.204 e. The molecule has 0 saturated heterocycles. The van der Waals surface area contributed by atoms with Gasteiger partial charge in [-0.2, -0.15) is 0 Å². The third-order valence-electron chi connectivity index (χ3n) is 2.14. The average molecular weight is 271 g/mol. The molecular formula is C12H8Cl2OS. The minimum Gasteiger partial charge on any atom is -0.288 e. The van der Waals surface area contributed by atoms with Crippen molar-refractivity contribution in [1.29, 1.82) is 0 Å². The average Bonchev–Trinajstić information content (AvgIpc) is 2.67. The van der Waals surface area contributed by atoms with E-state index in [2.05, 4.69) is 0 Å². The summed E-state index contributed by atoms with van der Waals surface area (Å²) in [6.07, 6.45) is 0. The van der Waals surface area contributed by atoms with Gasteiger partial charge in [0.05, 0.1) is 9.90 Å². The van der Waals surface area contributed by atoms with Crippen LogP contribution in [0.1, 0.15) is 20.1 Å². The van der Waals surface area contributed by atoms with Gasteiger partial charge in [0.15, 0.2) is 0 Å². The second kappa shape index (κ2) is 4.58. The molecule has 1 aromatic carbocycles. The first-order valence-electron chi connectivity index (χ1n) is 4.64. The van der Waals surface area contributed by atoms with Gasteiger partial charge in [-0.1, -0.05) is 23.2 Å². The molecule has 0 N–H and O–H groups in total. The van der Waals surface area contributed by atoms with Gasteiger partial charge in [0.2, 0.25) is 5.78 Å². The lowest BCUT2D eigenvalue weighted by Gasteiger charge is -2.01. The van der Waals surface area contributed by atoms with E-state index in [1.54, 1.807) is 24.3 Å². The van der Waals surface area contributed by atoms with E-state index in [0.717, 1.165) is 4.88 Å². The zero-order valence-corrected chi connectivity index (χ0v) is 10.8. The van der Waals surface area contributed by atoms with Gasteiger partial charge in [0, 0.05) is 15.5 Å². The molecular weight excluding hydrogens is 263 g/mol. The van der Waals surface area contributed by atoms with E-state index in [1.165, 1.54) is 11.3 Å². The number of carbonyl (C=O) groups is 1. The number of rotatable bonds is 2. The molecule has 1 heterocycles. The number of hydrogen-bond acceptors (Lipinski definition) is 2. The highest BCUT2D eigenvalue weighted by Crippen LogP contribution is 2.26. The minimum atomic E-state index is -0.0781. The first kappa shape index (κ1) is 11.6. The van der Waals surface area contributed by atoms with Crippen LogP contribution >= 0.6 is 34.5 Å². The number of aryl methyl sites for hydroxylation is 1. The molecule has 0 spiro atoms. The van der Waals surface area contributed by atoms with Crippen LogP contribution in [0.15, 0.2) is 30.3 Å². The van der Waals surface area contributed by atoms with E-state index >= 15 is 0 Å². The molecule has 0 unspecified atom stereocenters. The monoisotopic (exact) mass is 270 g/mol. The Morgan fingerprint density at radius 1 is 1.19 bits per heavy atom. The lowest BCUT2D eigenvalue weighted by atomic mass is 10.1. The van der Waals surface area contributed by atoms with Gasteiger partial charge in [-0.25, -0.2) is 0 Å². The van der Waals surface area contributed by atoms with Crippen LogP contribution in [0, 0.1) is 6.92 Å². The van der Waals surface area contributed by atoms with Crippen LogP contribution in [-0.4, -0.2) is 5.78 Å². The second-order valence-corrected chi connectivity index (χ2v) is 5.50. The highest BCUT2D eigenvalue weighted by Gasteiger charge is 2.14. The minimum absolute atomic E-state index is 0.0781. The van der Waals surface area contributed by atoms with Gasteiger partial charge in [0.25, 0.3) is 0 Å². The second-order valence-electron chi connectivity index (χ2n) is 3.36. The maximum absolute atomic E-state index is 12.1. The summed E-state index contributed by atoms with van der Waals surface area (Å²) in [5.74, 6) is -0.0781. The smallest absolute Gasteiger partial charge is 0.204 e. The molecule has 0 fully saturated rings. The van der Waals surface area contributed by atoms with Crippen LogP contribution in [0.25, 0.3) is 0 Å². The SMILES string of the molecule is Cc1ccc(C(=O)c2cc(Cl)ccc2Cl)s1. The number of halogens is 2. The van der Waals surface area contributed by atoms with Crippen molar-refractivity contribution in [2.45, 2.75) is 6.92 Å². The number of ketones is 1. The maximum atomic E-state index is 12.1. The van der Waals surface area contributed by atoms with Crippen LogP contribution in [0.2, 0.25) is 10.0 Å². The topological polar surface area (TPSA) is 17.1 Å². The Kier molecular flexibility index (Phi) is 3.33. The molecule has 1 nitrogen and oxygen atoms in total. The van der Waals surface area contributed by atoms with Crippen LogP contribution in [0.5, 0.6) is 0 Å². The summed E-state index contributed by atoms with van der Waals surface area (Å²) in [5, 5.41) is 0.946. The quantitative estimate of drug-likeness (QED) is 0.730. The van der Waals surface area contributed by atoms with Gasteiger partial charge in [-0.3, -0.25) is 4.79 Å². The summed E-state index contributed by atoms with van der Waals surface area (Å²) in [5.41, 5.74) is 0.455. The van der Waals surface area contributed by atoms with Gasteiger partial charge in [-0.15, -0.1) is 11.3 Å². The van der Waals surface area contributed by atoms with Gasteiger partial charge in [0.1, 0.15) is 0 Å². The molecule has 0 saturated carbocycles. The third-order valence-corrected chi connectivity index (χ3v) is 3.70. The first-order valence-corrected chi connectivity index (χ1v) is 6.21. The summed E-state index contributed by atoms with van der Waals surface area (Å²) in [6, 6.07) is 8.62. The molecule has 0 bridgehead atoms. The van der Waals surface area contributed by atoms with Crippen molar-refractivity contribution in [2.24, 2.45) is 0 Å². The van der Waals surface area contributed by atoms with Crippen molar-refractivity contribution in [3.05, 3.63) is 55.7 Å².